The van der Waals surface area contributed by atoms with Gasteiger partial charge in [-0.15, -0.1) is 0 Å². The summed E-state index contributed by atoms with van der Waals surface area (Å²) in [6.07, 6.45) is 7.71. The van der Waals surface area contributed by atoms with Gasteiger partial charge in [-0.05, 0) is 19.3 Å². The van der Waals surface area contributed by atoms with E-state index in [2.05, 4.69) is 20.2 Å². The Morgan fingerprint density at radius 3 is 3.07 bits per heavy atom. The lowest BCUT2D eigenvalue weighted by Gasteiger charge is -2.15. The fourth-order valence-electron chi connectivity index (χ4n) is 2.21. The second-order valence-electron chi connectivity index (χ2n) is 4.29. The van der Waals surface area contributed by atoms with Crippen LogP contribution in [0, 0.1) is 0 Å². The van der Waals surface area contributed by atoms with Gasteiger partial charge in [0, 0.05) is 37.6 Å². The Balaban J connectivity index is 1.55. The van der Waals surface area contributed by atoms with Crippen LogP contribution < -0.4 is 5.32 Å². The standard InChI is InChI=1S/C10H16N4/c1-2-9(1)14-6-3-8(7-14)13-10-11-4-5-12-10/h4-5,8-9H,1-3,6-7H2,(H2,11,12,13). The molecule has 1 saturated carbocycles. The van der Waals surface area contributed by atoms with Gasteiger partial charge in [-0.25, -0.2) is 4.98 Å². The summed E-state index contributed by atoms with van der Waals surface area (Å²) in [7, 11) is 0. The maximum atomic E-state index is 4.18. The molecule has 4 heteroatoms. The molecule has 2 N–H and O–H groups in total. The van der Waals surface area contributed by atoms with E-state index in [1.54, 1.807) is 6.20 Å². The van der Waals surface area contributed by atoms with Crippen molar-refractivity contribution < 1.29 is 0 Å². The quantitative estimate of drug-likeness (QED) is 0.752. The smallest absolute Gasteiger partial charge is 0.200 e. The van der Waals surface area contributed by atoms with Crippen LogP contribution in [0.3, 0.4) is 0 Å². The summed E-state index contributed by atoms with van der Waals surface area (Å²) in [5.41, 5.74) is 0. The predicted molar refractivity (Wildman–Crippen MR) is 55.2 cm³/mol. The van der Waals surface area contributed by atoms with Crippen molar-refractivity contribution in [3.05, 3.63) is 12.4 Å². The van der Waals surface area contributed by atoms with Gasteiger partial charge in [-0.3, -0.25) is 4.90 Å². The van der Waals surface area contributed by atoms with Gasteiger partial charge in [0.05, 0.1) is 0 Å². The molecule has 1 aromatic rings. The highest BCUT2D eigenvalue weighted by Gasteiger charge is 2.34. The van der Waals surface area contributed by atoms with Crippen LogP contribution >= 0.6 is 0 Å². The van der Waals surface area contributed by atoms with E-state index in [1.807, 2.05) is 6.20 Å². The highest BCUT2D eigenvalue weighted by molar-refractivity contribution is 5.25. The molecular weight excluding hydrogens is 176 g/mol. The molecule has 2 fully saturated rings. The number of rotatable bonds is 3. The monoisotopic (exact) mass is 192 g/mol. The lowest BCUT2D eigenvalue weighted by Crippen LogP contribution is -2.28. The fraction of sp³-hybridized carbons (Fsp3) is 0.700. The van der Waals surface area contributed by atoms with Crippen molar-refractivity contribution in [1.29, 1.82) is 0 Å². The second kappa shape index (κ2) is 3.28. The van der Waals surface area contributed by atoms with Crippen LogP contribution in [0.2, 0.25) is 0 Å². The lowest BCUT2D eigenvalue weighted by atomic mass is 10.3. The predicted octanol–water partition coefficient (Wildman–Crippen LogP) is 1.06. The number of nitrogens with zero attached hydrogens (tertiary/aromatic N) is 2. The van der Waals surface area contributed by atoms with Crippen LogP contribution in [0.15, 0.2) is 12.4 Å². The van der Waals surface area contributed by atoms with Gasteiger partial charge in [0.2, 0.25) is 0 Å². The summed E-state index contributed by atoms with van der Waals surface area (Å²) in [5.74, 6) is 0.910. The summed E-state index contributed by atoms with van der Waals surface area (Å²) < 4.78 is 0. The molecule has 1 aromatic heterocycles. The normalized spacial score (nSPS) is 28.1. The van der Waals surface area contributed by atoms with Crippen molar-refractivity contribution in [3.8, 4) is 0 Å². The first-order valence-corrected chi connectivity index (χ1v) is 5.42. The third-order valence-corrected chi connectivity index (χ3v) is 3.12. The SMILES string of the molecule is c1c[nH]c(NC2CCN(C3CC3)C2)n1. The summed E-state index contributed by atoms with van der Waals surface area (Å²) >= 11 is 0. The molecule has 1 unspecified atom stereocenters. The van der Waals surface area contributed by atoms with Gasteiger partial charge in [0.15, 0.2) is 5.95 Å². The number of anilines is 1. The van der Waals surface area contributed by atoms with Crippen LogP contribution in [-0.2, 0) is 0 Å². The highest BCUT2D eigenvalue weighted by Crippen LogP contribution is 2.30. The molecule has 2 aliphatic rings. The Labute approximate surface area is 83.7 Å². The molecule has 2 heterocycles. The zero-order valence-corrected chi connectivity index (χ0v) is 8.24. The van der Waals surface area contributed by atoms with Crippen molar-refractivity contribution in [1.82, 2.24) is 14.9 Å². The van der Waals surface area contributed by atoms with E-state index in [1.165, 1.54) is 32.4 Å². The molecule has 76 valence electrons. The first kappa shape index (κ1) is 8.29. The number of likely N-dealkylation sites (tertiary alicyclic amines) is 1. The molecule has 0 spiro atoms. The minimum absolute atomic E-state index is 0.585. The second-order valence-corrected chi connectivity index (χ2v) is 4.29. The molecule has 0 aromatic carbocycles. The van der Waals surface area contributed by atoms with Crippen LogP contribution in [0.4, 0.5) is 5.95 Å². The van der Waals surface area contributed by atoms with Gasteiger partial charge in [-0.1, -0.05) is 0 Å². The Morgan fingerprint density at radius 1 is 1.43 bits per heavy atom. The third kappa shape index (κ3) is 1.62. The number of nitrogens with one attached hydrogen (secondary N) is 2. The average molecular weight is 192 g/mol. The molecule has 1 aliphatic heterocycles. The number of hydrogen-bond acceptors (Lipinski definition) is 3. The highest BCUT2D eigenvalue weighted by atomic mass is 15.2. The largest absolute Gasteiger partial charge is 0.352 e. The lowest BCUT2D eigenvalue weighted by molar-refractivity contribution is 0.326. The topological polar surface area (TPSA) is 44.0 Å². The van der Waals surface area contributed by atoms with Crippen molar-refractivity contribution >= 4 is 5.95 Å². The molecule has 0 bridgehead atoms. The summed E-state index contributed by atoms with van der Waals surface area (Å²) in [5, 5.41) is 3.43. The molecule has 1 aliphatic carbocycles. The minimum atomic E-state index is 0.585. The molecule has 0 radical (unpaired) electrons. The van der Waals surface area contributed by atoms with E-state index in [9.17, 15) is 0 Å². The van der Waals surface area contributed by atoms with Crippen LogP contribution in [0.5, 0.6) is 0 Å². The molecule has 4 nitrogen and oxygen atoms in total. The van der Waals surface area contributed by atoms with E-state index in [0.29, 0.717) is 6.04 Å². The van der Waals surface area contributed by atoms with Crippen molar-refractivity contribution in [3.63, 3.8) is 0 Å². The number of hydrogen-bond donors (Lipinski definition) is 2. The van der Waals surface area contributed by atoms with Gasteiger partial charge >= 0.3 is 0 Å². The molecule has 14 heavy (non-hydrogen) atoms. The molecule has 1 atom stereocenters. The first-order valence-electron chi connectivity index (χ1n) is 5.42. The zero-order chi connectivity index (χ0) is 9.38. The van der Waals surface area contributed by atoms with Gasteiger partial charge in [0.1, 0.15) is 0 Å². The van der Waals surface area contributed by atoms with Crippen molar-refractivity contribution in [2.75, 3.05) is 18.4 Å². The Bertz CT molecular complexity index is 291. The fourth-order valence-corrected chi connectivity index (χ4v) is 2.21. The summed E-state index contributed by atoms with van der Waals surface area (Å²) in [4.78, 5) is 9.86. The van der Waals surface area contributed by atoms with E-state index < -0.39 is 0 Å². The number of H-pyrrole nitrogens is 1. The van der Waals surface area contributed by atoms with Crippen LogP contribution in [-0.4, -0.2) is 40.0 Å². The number of aromatic amines is 1. The average Bonchev–Trinajstić information content (AvgIpc) is 2.75. The van der Waals surface area contributed by atoms with Crippen molar-refractivity contribution in [2.24, 2.45) is 0 Å². The third-order valence-electron chi connectivity index (χ3n) is 3.12. The van der Waals surface area contributed by atoms with E-state index in [4.69, 9.17) is 0 Å². The van der Waals surface area contributed by atoms with E-state index >= 15 is 0 Å². The molecule has 0 amide bonds. The van der Waals surface area contributed by atoms with Crippen LogP contribution in [0.1, 0.15) is 19.3 Å². The number of imidazole rings is 1. The Morgan fingerprint density at radius 2 is 2.36 bits per heavy atom. The number of aromatic nitrogens is 2. The first-order chi connectivity index (χ1) is 6.92. The van der Waals surface area contributed by atoms with Crippen LogP contribution in [0.25, 0.3) is 0 Å². The molecule has 3 rings (SSSR count). The van der Waals surface area contributed by atoms with E-state index in [-0.39, 0.29) is 0 Å². The minimum Gasteiger partial charge on any atom is -0.352 e. The zero-order valence-electron chi connectivity index (χ0n) is 8.24. The maximum Gasteiger partial charge on any atom is 0.200 e. The van der Waals surface area contributed by atoms with Gasteiger partial charge in [-0.2, -0.15) is 0 Å². The molecular formula is C10H16N4. The maximum absolute atomic E-state index is 4.18. The van der Waals surface area contributed by atoms with E-state index in [0.717, 1.165) is 12.0 Å². The summed E-state index contributed by atoms with van der Waals surface area (Å²) in [6.45, 7) is 2.44. The van der Waals surface area contributed by atoms with Crippen molar-refractivity contribution in [2.45, 2.75) is 31.3 Å². The Kier molecular flexibility index (Phi) is 1.94. The molecule has 1 saturated heterocycles. The van der Waals surface area contributed by atoms with Gasteiger partial charge in [0.25, 0.3) is 0 Å². The Hall–Kier alpha value is -1.03. The van der Waals surface area contributed by atoms with Gasteiger partial charge < -0.3 is 10.3 Å². The summed E-state index contributed by atoms with van der Waals surface area (Å²) in [6, 6.07) is 1.49.